The standard InChI is InChI=1S/C21H26N2O3/c1-4-7-16-10-15(12-19(26-3)20(16)24)11-17(13-22)21(25)23-18-9-6-5-8-14(18)2/h4,10-12,14,18,24H,1,5-9H2,2-3H3,(H,23,25)/b17-11+/t14-,18-/m1/s1. The number of amides is 1. The molecule has 1 aromatic rings. The number of benzene rings is 1. The van der Waals surface area contributed by atoms with E-state index in [0.717, 1.165) is 19.3 Å². The molecule has 0 spiro atoms. The van der Waals surface area contributed by atoms with Crippen LogP contribution in [-0.4, -0.2) is 24.2 Å². The Morgan fingerprint density at radius 3 is 2.81 bits per heavy atom. The Hall–Kier alpha value is -2.74. The van der Waals surface area contributed by atoms with E-state index in [0.29, 0.717) is 29.2 Å². The van der Waals surface area contributed by atoms with Gasteiger partial charge in [0.15, 0.2) is 11.5 Å². The summed E-state index contributed by atoms with van der Waals surface area (Å²) in [6, 6.07) is 5.43. The Morgan fingerprint density at radius 1 is 1.46 bits per heavy atom. The Kier molecular flexibility index (Phi) is 6.85. The van der Waals surface area contributed by atoms with E-state index in [1.54, 1.807) is 18.2 Å². The molecule has 1 aliphatic carbocycles. The third-order valence-corrected chi connectivity index (χ3v) is 4.86. The van der Waals surface area contributed by atoms with Crippen LogP contribution in [0.25, 0.3) is 6.08 Å². The maximum absolute atomic E-state index is 12.5. The number of aromatic hydroxyl groups is 1. The second-order valence-corrected chi connectivity index (χ2v) is 6.74. The van der Waals surface area contributed by atoms with Gasteiger partial charge in [-0.15, -0.1) is 6.58 Å². The lowest BCUT2D eigenvalue weighted by molar-refractivity contribution is -0.118. The van der Waals surface area contributed by atoms with Crippen molar-refractivity contribution in [2.24, 2.45) is 5.92 Å². The number of ether oxygens (including phenoxy) is 1. The number of phenolic OH excluding ortho intramolecular Hbond substituents is 1. The summed E-state index contributed by atoms with van der Waals surface area (Å²) in [6.07, 6.45) is 7.98. The number of nitrogens with one attached hydrogen (secondary N) is 1. The van der Waals surface area contributed by atoms with E-state index in [1.807, 2.05) is 6.07 Å². The summed E-state index contributed by atoms with van der Waals surface area (Å²) in [6.45, 7) is 5.81. The highest BCUT2D eigenvalue weighted by Gasteiger charge is 2.24. The Labute approximate surface area is 155 Å². The van der Waals surface area contributed by atoms with Gasteiger partial charge < -0.3 is 15.2 Å². The first-order chi connectivity index (χ1) is 12.5. The van der Waals surface area contributed by atoms with Gasteiger partial charge in [0.25, 0.3) is 5.91 Å². The van der Waals surface area contributed by atoms with E-state index in [9.17, 15) is 15.2 Å². The lowest BCUT2D eigenvalue weighted by Crippen LogP contribution is -2.41. The topological polar surface area (TPSA) is 82.4 Å². The zero-order chi connectivity index (χ0) is 19.1. The highest BCUT2D eigenvalue weighted by atomic mass is 16.5. The van der Waals surface area contributed by atoms with Gasteiger partial charge in [-0.2, -0.15) is 5.26 Å². The van der Waals surface area contributed by atoms with Crippen LogP contribution in [0.3, 0.4) is 0 Å². The van der Waals surface area contributed by atoms with Crippen molar-refractivity contribution in [3.8, 4) is 17.6 Å². The molecule has 138 valence electrons. The van der Waals surface area contributed by atoms with Gasteiger partial charge in [0.2, 0.25) is 0 Å². The highest BCUT2D eigenvalue weighted by molar-refractivity contribution is 6.01. The average Bonchev–Trinajstić information content (AvgIpc) is 2.64. The van der Waals surface area contributed by atoms with Crippen LogP contribution in [0.15, 0.2) is 30.4 Å². The van der Waals surface area contributed by atoms with Gasteiger partial charge in [-0.3, -0.25) is 4.79 Å². The quantitative estimate of drug-likeness (QED) is 0.463. The fourth-order valence-electron chi connectivity index (χ4n) is 3.33. The number of phenols is 1. The minimum atomic E-state index is -0.358. The van der Waals surface area contributed by atoms with E-state index in [-0.39, 0.29) is 23.3 Å². The highest BCUT2D eigenvalue weighted by Crippen LogP contribution is 2.33. The summed E-state index contributed by atoms with van der Waals surface area (Å²) in [7, 11) is 1.46. The lowest BCUT2D eigenvalue weighted by Gasteiger charge is -2.29. The molecule has 1 amide bonds. The Balaban J connectivity index is 2.27. The van der Waals surface area contributed by atoms with Crippen LogP contribution in [0.5, 0.6) is 11.5 Å². The molecule has 2 atom stereocenters. The van der Waals surface area contributed by atoms with Crippen LogP contribution in [0.4, 0.5) is 0 Å². The number of hydrogen-bond donors (Lipinski definition) is 2. The molecule has 5 heteroatoms. The molecule has 0 unspecified atom stereocenters. The van der Waals surface area contributed by atoms with Gasteiger partial charge >= 0.3 is 0 Å². The maximum atomic E-state index is 12.5. The average molecular weight is 354 g/mol. The molecule has 0 saturated heterocycles. The van der Waals surface area contributed by atoms with Gasteiger partial charge in [-0.25, -0.2) is 0 Å². The molecule has 1 aromatic carbocycles. The van der Waals surface area contributed by atoms with Crippen LogP contribution in [0.2, 0.25) is 0 Å². The molecule has 1 fully saturated rings. The molecule has 0 heterocycles. The number of hydrogen-bond acceptors (Lipinski definition) is 4. The van der Waals surface area contributed by atoms with Gasteiger partial charge in [0.1, 0.15) is 11.6 Å². The van der Waals surface area contributed by atoms with Crippen molar-refractivity contribution < 1.29 is 14.6 Å². The summed E-state index contributed by atoms with van der Waals surface area (Å²) in [5, 5.41) is 22.6. The van der Waals surface area contributed by atoms with Crippen molar-refractivity contribution in [3.63, 3.8) is 0 Å². The lowest BCUT2D eigenvalue weighted by atomic mass is 9.86. The molecule has 0 radical (unpaired) electrons. The Morgan fingerprint density at radius 2 is 2.19 bits per heavy atom. The predicted octanol–water partition coefficient (Wildman–Crippen LogP) is 3.73. The number of allylic oxidation sites excluding steroid dienone is 1. The van der Waals surface area contributed by atoms with Gasteiger partial charge in [-0.05, 0) is 49.0 Å². The van der Waals surface area contributed by atoms with Gasteiger partial charge in [0, 0.05) is 11.6 Å². The van der Waals surface area contributed by atoms with Crippen LogP contribution >= 0.6 is 0 Å². The first-order valence-electron chi connectivity index (χ1n) is 8.93. The molecule has 0 aromatic heterocycles. The predicted molar refractivity (Wildman–Crippen MR) is 102 cm³/mol. The molecule has 2 rings (SSSR count). The van der Waals surface area contributed by atoms with Crippen LogP contribution in [0, 0.1) is 17.2 Å². The molecule has 0 aliphatic heterocycles. The molecule has 0 bridgehead atoms. The summed E-state index contributed by atoms with van der Waals surface area (Å²) in [5.74, 6) is 0.405. The van der Waals surface area contributed by atoms with E-state index in [1.165, 1.54) is 19.6 Å². The molecule has 2 N–H and O–H groups in total. The third-order valence-electron chi connectivity index (χ3n) is 4.86. The summed E-state index contributed by atoms with van der Waals surface area (Å²) >= 11 is 0. The first-order valence-corrected chi connectivity index (χ1v) is 8.93. The normalized spacial score (nSPS) is 20.1. The number of carbonyl (C=O) groups is 1. The van der Waals surface area contributed by atoms with Crippen molar-refractivity contribution in [1.82, 2.24) is 5.32 Å². The van der Waals surface area contributed by atoms with Crippen molar-refractivity contribution in [2.75, 3.05) is 7.11 Å². The number of methoxy groups -OCH3 is 1. The number of carbonyl (C=O) groups excluding carboxylic acids is 1. The monoisotopic (exact) mass is 354 g/mol. The molecule has 5 nitrogen and oxygen atoms in total. The van der Waals surface area contributed by atoms with E-state index in [2.05, 4.69) is 18.8 Å². The largest absolute Gasteiger partial charge is 0.504 e. The van der Waals surface area contributed by atoms with Gasteiger partial charge in [0.05, 0.1) is 7.11 Å². The summed E-state index contributed by atoms with van der Waals surface area (Å²) in [4.78, 5) is 12.5. The molecular weight excluding hydrogens is 328 g/mol. The maximum Gasteiger partial charge on any atom is 0.262 e. The van der Waals surface area contributed by atoms with Crippen LogP contribution in [-0.2, 0) is 11.2 Å². The van der Waals surface area contributed by atoms with E-state index in [4.69, 9.17) is 4.74 Å². The van der Waals surface area contributed by atoms with Crippen molar-refractivity contribution in [2.45, 2.75) is 45.1 Å². The number of nitrogens with zero attached hydrogens (tertiary/aromatic N) is 1. The minimum Gasteiger partial charge on any atom is -0.504 e. The smallest absolute Gasteiger partial charge is 0.262 e. The zero-order valence-corrected chi connectivity index (χ0v) is 15.4. The second-order valence-electron chi connectivity index (χ2n) is 6.74. The van der Waals surface area contributed by atoms with E-state index >= 15 is 0 Å². The summed E-state index contributed by atoms with van der Waals surface area (Å²) < 4.78 is 5.19. The summed E-state index contributed by atoms with van der Waals surface area (Å²) in [5.41, 5.74) is 1.30. The molecular formula is C21H26N2O3. The first kappa shape index (κ1) is 19.6. The van der Waals surface area contributed by atoms with Crippen LogP contribution in [0.1, 0.15) is 43.7 Å². The third kappa shape index (κ3) is 4.66. The molecule has 26 heavy (non-hydrogen) atoms. The van der Waals surface area contributed by atoms with Crippen molar-refractivity contribution in [1.29, 1.82) is 5.26 Å². The fourth-order valence-corrected chi connectivity index (χ4v) is 3.33. The Bertz CT molecular complexity index is 746. The molecule has 1 saturated carbocycles. The SMILES string of the molecule is C=CCc1cc(/C=C(\C#N)C(=O)N[C@@H]2CCCC[C@H]2C)cc(OC)c1O. The second kappa shape index (κ2) is 9.10. The number of rotatable bonds is 6. The fraction of sp³-hybridized carbons (Fsp3) is 0.429. The van der Waals surface area contributed by atoms with Crippen molar-refractivity contribution >= 4 is 12.0 Å². The van der Waals surface area contributed by atoms with Crippen LogP contribution < -0.4 is 10.1 Å². The number of nitriles is 1. The zero-order valence-electron chi connectivity index (χ0n) is 15.4. The van der Waals surface area contributed by atoms with E-state index < -0.39 is 0 Å². The molecule has 1 aliphatic rings. The van der Waals surface area contributed by atoms with Crippen molar-refractivity contribution in [3.05, 3.63) is 41.5 Å². The van der Waals surface area contributed by atoms with Gasteiger partial charge in [-0.1, -0.05) is 25.8 Å². The minimum absolute atomic E-state index is 0.0417.